The lowest BCUT2D eigenvalue weighted by Crippen LogP contribution is -2.49. The van der Waals surface area contributed by atoms with Crippen molar-refractivity contribution in [1.82, 2.24) is 10.2 Å². The van der Waals surface area contributed by atoms with Gasteiger partial charge in [0.25, 0.3) is 0 Å². The highest BCUT2D eigenvalue weighted by atomic mass is 16.5. The predicted molar refractivity (Wildman–Crippen MR) is 64.5 cm³/mol. The Morgan fingerprint density at radius 3 is 2.88 bits per heavy atom. The minimum atomic E-state index is -0.311. The molecule has 1 heterocycles. The van der Waals surface area contributed by atoms with E-state index in [1.54, 1.807) is 0 Å². The number of hydrogen-bond acceptors (Lipinski definition) is 3. The first kappa shape index (κ1) is 13.3. The Balaban J connectivity index is 2.37. The van der Waals surface area contributed by atoms with Gasteiger partial charge in [-0.3, -0.25) is 0 Å². The van der Waals surface area contributed by atoms with Crippen molar-refractivity contribution in [3.63, 3.8) is 0 Å². The average molecular weight is 228 g/mol. The number of rotatable bonds is 4. The lowest BCUT2D eigenvalue weighted by Gasteiger charge is -2.35. The first-order valence-corrected chi connectivity index (χ1v) is 6.18. The Labute approximate surface area is 98.3 Å². The summed E-state index contributed by atoms with van der Waals surface area (Å²) in [6.45, 7) is 4.30. The van der Waals surface area contributed by atoms with Gasteiger partial charge in [0.1, 0.15) is 0 Å². The fourth-order valence-corrected chi connectivity index (χ4v) is 2.48. The molecule has 4 nitrogen and oxygen atoms in total. The van der Waals surface area contributed by atoms with Crippen LogP contribution >= 0.6 is 0 Å². The summed E-state index contributed by atoms with van der Waals surface area (Å²) in [6, 6.07) is 0.244. The largest absolute Gasteiger partial charge is 0.453 e. The summed E-state index contributed by atoms with van der Waals surface area (Å²) in [5.41, 5.74) is 0. The first-order chi connectivity index (χ1) is 7.65. The van der Waals surface area contributed by atoms with Crippen LogP contribution in [0.5, 0.6) is 0 Å². The van der Waals surface area contributed by atoms with Crippen LogP contribution in [0.25, 0.3) is 0 Å². The van der Waals surface area contributed by atoms with Gasteiger partial charge < -0.3 is 15.0 Å². The highest BCUT2D eigenvalue weighted by Crippen LogP contribution is 2.21. The number of carbonyl (C=O) groups excluding carboxylic acids is 1. The van der Waals surface area contributed by atoms with E-state index in [0.29, 0.717) is 5.92 Å². The second-order valence-electron chi connectivity index (χ2n) is 4.80. The fraction of sp³-hybridized carbons (Fsp3) is 0.917. The lowest BCUT2D eigenvalue weighted by atomic mass is 9.90. The van der Waals surface area contributed by atoms with Crippen molar-refractivity contribution in [3.8, 4) is 0 Å². The van der Waals surface area contributed by atoms with Gasteiger partial charge in [-0.1, -0.05) is 19.8 Å². The molecule has 1 fully saturated rings. The minimum absolute atomic E-state index is 0.244. The molecule has 0 bridgehead atoms. The number of nitrogens with one attached hydrogen (secondary N) is 1. The van der Waals surface area contributed by atoms with Gasteiger partial charge in [0, 0.05) is 19.1 Å². The fourth-order valence-electron chi connectivity index (χ4n) is 2.48. The lowest BCUT2D eigenvalue weighted by molar-refractivity contribution is 0.136. The summed E-state index contributed by atoms with van der Waals surface area (Å²) >= 11 is 0. The monoisotopic (exact) mass is 228 g/mol. The molecule has 1 saturated heterocycles. The van der Waals surface area contributed by atoms with Crippen molar-refractivity contribution in [2.75, 3.05) is 27.2 Å². The van der Waals surface area contributed by atoms with Crippen LogP contribution in [-0.4, -0.2) is 44.3 Å². The molecule has 0 aromatic carbocycles. The van der Waals surface area contributed by atoms with Gasteiger partial charge in [0.2, 0.25) is 0 Å². The third kappa shape index (κ3) is 4.39. The summed E-state index contributed by atoms with van der Waals surface area (Å²) < 4.78 is 4.64. The van der Waals surface area contributed by atoms with Crippen molar-refractivity contribution in [1.29, 1.82) is 0 Å². The Kier molecular flexibility index (Phi) is 5.60. The van der Waals surface area contributed by atoms with E-state index in [-0.39, 0.29) is 12.1 Å². The van der Waals surface area contributed by atoms with Gasteiger partial charge in [-0.25, -0.2) is 4.79 Å². The number of nitrogens with zero attached hydrogens (tertiary/aromatic N) is 1. The highest BCUT2D eigenvalue weighted by Gasteiger charge is 2.25. The summed E-state index contributed by atoms with van der Waals surface area (Å²) in [4.78, 5) is 13.5. The maximum Gasteiger partial charge on any atom is 0.407 e. The standard InChI is InChI=1S/C12H24N2O2/c1-4-5-6-10-7-11(9-14(2)8-10)13-12(15)16-3/h10-11H,4-9H2,1-3H3,(H,13,15). The van der Waals surface area contributed by atoms with Crippen LogP contribution in [0.15, 0.2) is 0 Å². The average Bonchev–Trinajstić information content (AvgIpc) is 2.25. The van der Waals surface area contributed by atoms with Crippen LogP contribution in [-0.2, 0) is 4.74 Å². The van der Waals surface area contributed by atoms with Crippen molar-refractivity contribution < 1.29 is 9.53 Å². The van der Waals surface area contributed by atoms with E-state index < -0.39 is 0 Å². The quantitative estimate of drug-likeness (QED) is 0.798. The van der Waals surface area contributed by atoms with E-state index >= 15 is 0 Å². The van der Waals surface area contributed by atoms with Crippen LogP contribution in [0.4, 0.5) is 4.79 Å². The zero-order chi connectivity index (χ0) is 12.0. The maximum atomic E-state index is 11.2. The van der Waals surface area contributed by atoms with Crippen LogP contribution < -0.4 is 5.32 Å². The third-order valence-electron chi connectivity index (χ3n) is 3.19. The minimum Gasteiger partial charge on any atom is -0.453 e. The molecule has 94 valence electrons. The molecule has 0 saturated carbocycles. The number of methoxy groups -OCH3 is 1. The zero-order valence-electron chi connectivity index (χ0n) is 10.7. The molecule has 1 aliphatic heterocycles. The van der Waals surface area contributed by atoms with Crippen molar-refractivity contribution in [3.05, 3.63) is 0 Å². The van der Waals surface area contributed by atoms with Gasteiger partial charge in [-0.15, -0.1) is 0 Å². The van der Waals surface area contributed by atoms with Crippen molar-refractivity contribution in [2.24, 2.45) is 5.92 Å². The molecular formula is C12H24N2O2. The molecule has 2 atom stereocenters. The van der Waals surface area contributed by atoms with E-state index in [2.05, 4.69) is 28.9 Å². The molecule has 16 heavy (non-hydrogen) atoms. The number of likely N-dealkylation sites (tertiary alicyclic amines) is 1. The number of likely N-dealkylation sites (N-methyl/N-ethyl adjacent to an activating group) is 1. The molecule has 4 heteroatoms. The first-order valence-electron chi connectivity index (χ1n) is 6.18. The summed E-state index contributed by atoms with van der Waals surface area (Å²) in [6.07, 6.45) is 4.56. The Hall–Kier alpha value is -0.770. The molecule has 0 spiro atoms. The second kappa shape index (κ2) is 6.74. The van der Waals surface area contributed by atoms with Crippen LogP contribution in [0.1, 0.15) is 32.6 Å². The molecule has 1 aliphatic rings. The smallest absolute Gasteiger partial charge is 0.407 e. The van der Waals surface area contributed by atoms with E-state index in [9.17, 15) is 4.79 Å². The Morgan fingerprint density at radius 1 is 1.50 bits per heavy atom. The Morgan fingerprint density at radius 2 is 2.25 bits per heavy atom. The molecule has 0 aromatic heterocycles. The van der Waals surface area contributed by atoms with Gasteiger partial charge in [-0.05, 0) is 25.8 Å². The number of piperidine rings is 1. The normalized spacial score (nSPS) is 26.4. The zero-order valence-corrected chi connectivity index (χ0v) is 10.7. The number of hydrogen-bond donors (Lipinski definition) is 1. The van der Waals surface area contributed by atoms with Crippen molar-refractivity contribution >= 4 is 6.09 Å². The summed E-state index contributed by atoms with van der Waals surface area (Å²) in [5.74, 6) is 0.709. The SMILES string of the molecule is CCCCC1CC(NC(=O)OC)CN(C)C1. The predicted octanol–water partition coefficient (Wildman–Crippen LogP) is 1.85. The molecule has 2 unspecified atom stereocenters. The van der Waals surface area contributed by atoms with Gasteiger partial charge in [-0.2, -0.15) is 0 Å². The number of carbonyl (C=O) groups is 1. The second-order valence-corrected chi connectivity index (χ2v) is 4.80. The van der Waals surface area contributed by atoms with E-state index in [1.807, 2.05) is 0 Å². The van der Waals surface area contributed by atoms with Gasteiger partial charge in [0.05, 0.1) is 7.11 Å². The van der Waals surface area contributed by atoms with E-state index in [4.69, 9.17) is 0 Å². The molecule has 1 rings (SSSR count). The van der Waals surface area contributed by atoms with Crippen LogP contribution in [0.2, 0.25) is 0 Å². The maximum absolute atomic E-state index is 11.2. The van der Waals surface area contributed by atoms with Crippen LogP contribution in [0.3, 0.4) is 0 Å². The van der Waals surface area contributed by atoms with Gasteiger partial charge in [0.15, 0.2) is 0 Å². The van der Waals surface area contributed by atoms with Gasteiger partial charge >= 0.3 is 6.09 Å². The number of ether oxygens (including phenoxy) is 1. The number of unbranched alkanes of at least 4 members (excludes halogenated alkanes) is 1. The molecule has 1 N–H and O–H groups in total. The summed E-state index contributed by atoms with van der Waals surface area (Å²) in [7, 11) is 3.53. The van der Waals surface area contributed by atoms with E-state index in [1.165, 1.54) is 26.4 Å². The highest BCUT2D eigenvalue weighted by molar-refractivity contribution is 5.67. The van der Waals surface area contributed by atoms with Crippen molar-refractivity contribution in [2.45, 2.75) is 38.6 Å². The molecule has 0 aliphatic carbocycles. The molecular weight excluding hydrogens is 204 g/mol. The molecule has 1 amide bonds. The molecule has 0 radical (unpaired) electrons. The third-order valence-corrected chi connectivity index (χ3v) is 3.19. The van der Waals surface area contributed by atoms with E-state index in [0.717, 1.165) is 19.5 Å². The number of amides is 1. The summed E-state index contributed by atoms with van der Waals surface area (Å²) in [5, 5.41) is 2.90. The topological polar surface area (TPSA) is 41.6 Å². The van der Waals surface area contributed by atoms with Crippen LogP contribution in [0, 0.1) is 5.92 Å². The Bertz CT molecular complexity index is 221. The molecule has 0 aromatic rings. The number of alkyl carbamates (subject to hydrolysis) is 1.